The molecular weight excluding hydrogens is 2020 g/mol. The maximum Gasteiger partial charge on any atom is 4.00 e. The van der Waals surface area contributed by atoms with Gasteiger partial charge in [-0.2, -0.15) is 0 Å². The Balaban J connectivity index is -0.000000108. The van der Waals surface area contributed by atoms with Gasteiger partial charge in [0, 0.05) is 8.07 Å². The summed E-state index contributed by atoms with van der Waals surface area (Å²) in [6, 6.07) is 10.5. The second kappa shape index (κ2) is 65.6. The Morgan fingerprint density at radius 2 is 0.563 bits per heavy atom. The van der Waals surface area contributed by atoms with Crippen molar-refractivity contribution >= 4 is 14.1 Å². The van der Waals surface area contributed by atoms with Crippen LogP contribution in [0.15, 0.2) is 100 Å². The zero-order valence-corrected chi connectivity index (χ0v) is 102. The molecule has 1 aromatic rings. The van der Waals surface area contributed by atoms with E-state index in [-0.39, 0.29) is 223 Å². The van der Waals surface area contributed by atoms with Gasteiger partial charge in [-0.05, 0) is 350 Å². The van der Waals surface area contributed by atoms with Crippen LogP contribution in [0.3, 0.4) is 0 Å². The second-order valence-electron chi connectivity index (χ2n) is 40.4. The van der Waals surface area contributed by atoms with Crippen molar-refractivity contribution in [2.75, 3.05) is 0 Å². The first-order valence-electron chi connectivity index (χ1n) is 43.8. The minimum atomic E-state index is -0.924. The Labute approximate surface area is 835 Å². The van der Waals surface area contributed by atoms with E-state index < -0.39 is 8.07 Å². The maximum absolute atomic E-state index is 2.67. The minimum absolute atomic E-state index is 0. The van der Waals surface area contributed by atoms with Crippen LogP contribution in [0.5, 0.6) is 0 Å². The van der Waals surface area contributed by atoms with Crippen molar-refractivity contribution in [1.29, 1.82) is 0 Å². The van der Waals surface area contributed by atoms with Gasteiger partial charge in [-0.25, -0.2) is 0 Å². The van der Waals surface area contributed by atoms with Crippen LogP contribution in [0.2, 0.25) is 25.7 Å². The molecule has 0 aliphatic heterocycles. The van der Waals surface area contributed by atoms with Gasteiger partial charge in [0.15, 0.2) is 0 Å². The minimum Gasteiger partial charge on any atom is -0.358 e. The number of hydrogen-bond donors (Lipinski definition) is 0. The summed E-state index contributed by atoms with van der Waals surface area (Å²) < 4.78 is 0. The molecule has 0 N–H and O–H groups in total. The molecule has 0 bridgehead atoms. The van der Waals surface area contributed by atoms with Gasteiger partial charge in [0.1, 0.15) is 0 Å². The average molecular weight is 2240 g/mol. The second-order valence-corrected chi connectivity index (χ2v) is 46.0. The number of fused-ring (bicyclic) bond motifs is 9. The van der Waals surface area contributed by atoms with Gasteiger partial charge in [0.05, 0.1) is 0 Å². The van der Waals surface area contributed by atoms with Crippen molar-refractivity contribution in [3.8, 4) is 0 Å². The Morgan fingerprint density at radius 1 is 0.294 bits per heavy atom. The topological polar surface area (TPSA) is 0 Å². The largest absolute Gasteiger partial charge is 4.00 e. The molecule has 0 radical (unpaired) electrons. The molecule has 11 unspecified atom stereocenters. The van der Waals surface area contributed by atoms with E-state index in [2.05, 4.69) is 252 Å². The van der Waals surface area contributed by atoms with Crippen molar-refractivity contribution < 1.29 is 104 Å². The summed E-state index contributed by atoms with van der Waals surface area (Å²) in [5, 5.41) is 0. The average Bonchev–Trinajstić information content (AvgIpc) is 1.68. The first-order valence-corrected chi connectivity index (χ1v) is 47.5. The van der Waals surface area contributed by atoms with Crippen LogP contribution in [-0.4, -0.2) is 8.07 Å². The molecular formula is C114H210Hf3SiZr. The number of allylic oxidation sites excluding steroid dienone is 13. The van der Waals surface area contributed by atoms with E-state index in [9.17, 15) is 0 Å². The fourth-order valence-electron chi connectivity index (χ4n) is 24.2. The van der Waals surface area contributed by atoms with E-state index in [1.165, 1.54) is 134 Å². The molecule has 119 heavy (non-hydrogen) atoms. The first-order chi connectivity index (χ1) is 46.8. The molecule has 0 aromatic heterocycles. The van der Waals surface area contributed by atoms with Gasteiger partial charge >= 0.3 is 104 Å². The number of hydrogen-bond acceptors (Lipinski definition) is 0. The van der Waals surface area contributed by atoms with Crippen LogP contribution in [0, 0.1) is 302 Å². The number of rotatable bonds is 4. The SMILES string of the molecule is C1=C2CCCC2=CC2CCCC12.CC(C)CC1CCC2C=C3CCCC3=CC21.CC1C(C)C(C)C(C)C1C.CC1C(C)C(C)C(C)C1C.CC1C(C)C(C)C(C)C1C.CC1C(C)C(C)C(C)C1C.CC1CCC2C=C3CCCC3=CC12.C[Si](C)(C)CC1CCC2c3ccccc3C=CC12.[CH3-].[CH3-].[CH3-].[CH3-].[CH3-].[CH3-].[CH3-].[CH3-].[CH3-].[CH3-].[CH3-].[CH3-].[CH3-].[CH3-].[CH3-].[CH3-].[Hf+4].[Hf+4].[Hf+4].[Zr+4]. The predicted molar refractivity (Wildman–Crippen MR) is 544 cm³/mol. The van der Waals surface area contributed by atoms with E-state index in [1.54, 1.807) is 39.0 Å². The monoisotopic (exact) mass is 2240 g/mol. The Kier molecular flexibility index (Phi) is 80.4. The summed E-state index contributed by atoms with van der Waals surface area (Å²) in [5.41, 5.74) is 13.3. The molecule has 1 aromatic carbocycles. The van der Waals surface area contributed by atoms with Crippen LogP contribution in [0.25, 0.3) is 6.08 Å². The van der Waals surface area contributed by atoms with Crippen LogP contribution in [0.4, 0.5) is 0 Å². The van der Waals surface area contributed by atoms with E-state index in [0.29, 0.717) is 0 Å². The van der Waals surface area contributed by atoms with Crippen molar-refractivity contribution in [2.45, 2.75) is 313 Å². The molecule has 0 saturated heterocycles. The summed E-state index contributed by atoms with van der Waals surface area (Å²) in [6.45, 7) is 62.7. The van der Waals surface area contributed by atoms with Gasteiger partial charge in [-0.3, -0.25) is 0 Å². The third kappa shape index (κ3) is 36.0. The summed E-state index contributed by atoms with van der Waals surface area (Å²) in [6.07, 6.45) is 47.5. The molecule has 0 heterocycles. The van der Waals surface area contributed by atoms with Crippen molar-refractivity contribution in [2.24, 2.45) is 183 Å². The van der Waals surface area contributed by atoms with Crippen molar-refractivity contribution in [3.63, 3.8) is 0 Å². The quantitative estimate of drug-likeness (QED) is 0.208. The summed E-state index contributed by atoms with van der Waals surface area (Å²) >= 11 is 0. The van der Waals surface area contributed by atoms with Crippen LogP contribution < -0.4 is 0 Å². The molecule has 0 spiro atoms. The summed E-state index contributed by atoms with van der Waals surface area (Å²) in [7, 11) is -0.924. The van der Waals surface area contributed by atoms with E-state index >= 15 is 0 Å². The predicted octanol–water partition coefficient (Wildman–Crippen LogP) is 37.0. The van der Waals surface area contributed by atoms with Gasteiger partial charge in [0.25, 0.3) is 0 Å². The van der Waals surface area contributed by atoms with Crippen LogP contribution in [0.1, 0.15) is 298 Å². The fourth-order valence-corrected chi connectivity index (χ4v) is 26.3. The Morgan fingerprint density at radius 3 is 0.874 bits per heavy atom. The third-order valence-corrected chi connectivity index (χ3v) is 35.7. The van der Waals surface area contributed by atoms with Gasteiger partial charge in [0.2, 0.25) is 0 Å². The Hall–Kier alpha value is 1.11. The molecule has 5 heteroatoms. The normalized spacial score (nSPS) is 36.7. The summed E-state index contributed by atoms with van der Waals surface area (Å²) in [4.78, 5) is 0. The van der Waals surface area contributed by atoms with Gasteiger partial charge in [-0.1, -0.05) is 264 Å². The van der Waals surface area contributed by atoms with E-state index in [0.717, 1.165) is 189 Å². The van der Waals surface area contributed by atoms with E-state index in [1.807, 2.05) is 0 Å². The third-order valence-electron chi connectivity index (χ3n) is 34.0. The molecule has 15 aliphatic carbocycles. The van der Waals surface area contributed by atoms with Crippen molar-refractivity contribution in [3.05, 3.63) is 230 Å². The summed E-state index contributed by atoms with van der Waals surface area (Å²) in [5.74, 6) is 29.6. The Bertz CT molecular complexity index is 2640. The number of benzene rings is 1. The standard InChI is InChI=1S/C17H24Si.C16H24.C13H18.C12H16.4C10H20.16CH3.3Hf.Zr/c1-18(2,3)12-14-9-11-17-15-7-5-4-6-13(15)8-10-16(14)17;1-11(2)8-14-6-7-15-9-12-4-3-5-13(12)10-16(14)15;1-9-5-6-12-7-10-3-2-4-11(10)8-13(9)12;1-3-9-7-11-5-2-6-12(11)8-10(9)4-1;4*1-6-7(2)9(4)10(5)8(6)3;;;;;;;;;;;;;;;;;;;;/h4-8,10,14,16-17H,9,11-12H2,1-3H3;9-11,14-16H,3-8H2,1-2H3;7-9,12-13H,2-6H2,1H3;7-10H,1-6H2;4*6-10H,1-5H3;16*1H3;;;;/q;;;;;;;;16*-1;4*+4. The molecule has 686 valence electrons. The van der Waals surface area contributed by atoms with Gasteiger partial charge in [-0.15, -0.1) is 0 Å². The van der Waals surface area contributed by atoms with E-state index in [4.69, 9.17) is 0 Å². The zero-order chi connectivity index (χ0) is 72.2. The zero-order valence-electron chi connectivity index (χ0n) is 88.0. The van der Waals surface area contributed by atoms with Crippen LogP contribution in [-0.2, 0) is 104 Å². The molecule has 16 rings (SSSR count). The molecule has 11 fully saturated rings. The fraction of sp³-hybridized carbons (Fsp3) is 0.684. The molecule has 11 atom stereocenters. The molecule has 11 saturated carbocycles. The maximum atomic E-state index is 2.67. The smallest absolute Gasteiger partial charge is 0.358 e. The van der Waals surface area contributed by atoms with Crippen LogP contribution >= 0.6 is 0 Å². The van der Waals surface area contributed by atoms with Gasteiger partial charge < -0.3 is 119 Å². The van der Waals surface area contributed by atoms with Crippen molar-refractivity contribution in [1.82, 2.24) is 0 Å². The molecule has 0 nitrogen and oxygen atoms in total. The molecule has 0 amide bonds. The first kappa shape index (κ1) is 146. The molecule has 15 aliphatic rings.